The molecule has 0 bridgehead atoms. The fraction of sp³-hybridized carbons (Fsp3) is 0.381. The maximum absolute atomic E-state index is 13.0. The number of carbonyl (C=O) groups excluding carboxylic acids is 1. The number of amides is 1. The molecule has 2 aromatic carbocycles. The summed E-state index contributed by atoms with van der Waals surface area (Å²) in [5.41, 5.74) is 0.867. The fourth-order valence-electron chi connectivity index (χ4n) is 3.52. The number of anilines is 1. The van der Waals surface area contributed by atoms with Crippen molar-refractivity contribution in [3.05, 3.63) is 54.1 Å². The highest BCUT2D eigenvalue weighted by Crippen LogP contribution is 2.34. The molecular formula is C21H26N2O4S. The number of benzene rings is 2. The highest BCUT2D eigenvalue weighted by Gasteiger charge is 2.29. The van der Waals surface area contributed by atoms with Gasteiger partial charge < -0.3 is 9.64 Å². The summed E-state index contributed by atoms with van der Waals surface area (Å²) >= 11 is 0. The lowest BCUT2D eigenvalue weighted by atomic mass is 9.96. The molecule has 0 atom stereocenters. The molecule has 1 aliphatic rings. The van der Waals surface area contributed by atoms with Crippen LogP contribution in [0.1, 0.15) is 32.3 Å². The van der Waals surface area contributed by atoms with Gasteiger partial charge in [0.15, 0.2) is 0 Å². The number of nitrogens with one attached hydrogen (secondary N) is 1. The number of hydrogen-bond acceptors (Lipinski definition) is 4. The molecule has 0 radical (unpaired) electrons. The standard InChI is InChI=1S/C21H26N2O4S/c1-21(2,15-16-8-5-4-6-9-16)22-28(25,26)17-11-12-19(27-3)18(14-17)23-13-7-10-20(23)24/h4-6,8-9,11-12,14,22H,7,10,13,15H2,1-3H3. The van der Waals surface area contributed by atoms with Gasteiger partial charge >= 0.3 is 0 Å². The van der Waals surface area contributed by atoms with Gasteiger partial charge in [0.05, 0.1) is 17.7 Å². The SMILES string of the molecule is COc1ccc(S(=O)(=O)NC(C)(C)Cc2ccccc2)cc1N1CCCC1=O. The van der Waals surface area contributed by atoms with Crippen molar-refractivity contribution >= 4 is 21.6 Å². The van der Waals surface area contributed by atoms with Gasteiger partial charge in [-0.3, -0.25) is 4.79 Å². The molecule has 1 amide bonds. The summed E-state index contributed by atoms with van der Waals surface area (Å²) in [5, 5.41) is 0. The van der Waals surface area contributed by atoms with Crippen LogP contribution in [0.25, 0.3) is 0 Å². The average molecular weight is 403 g/mol. The van der Waals surface area contributed by atoms with Crippen molar-refractivity contribution in [3.8, 4) is 5.75 Å². The lowest BCUT2D eigenvalue weighted by Crippen LogP contribution is -2.45. The van der Waals surface area contributed by atoms with Crippen molar-refractivity contribution in [2.24, 2.45) is 0 Å². The van der Waals surface area contributed by atoms with E-state index in [0.29, 0.717) is 30.8 Å². The normalized spacial score (nSPS) is 15.1. The van der Waals surface area contributed by atoms with Crippen molar-refractivity contribution in [2.45, 2.75) is 43.5 Å². The Bertz CT molecular complexity index is 956. The van der Waals surface area contributed by atoms with E-state index >= 15 is 0 Å². The second kappa shape index (κ2) is 7.93. The van der Waals surface area contributed by atoms with E-state index in [1.54, 1.807) is 11.0 Å². The van der Waals surface area contributed by atoms with Gasteiger partial charge in [0.25, 0.3) is 0 Å². The molecular weight excluding hydrogens is 376 g/mol. The predicted octanol–water partition coefficient (Wildman–Crippen LogP) is 3.12. The minimum absolute atomic E-state index is 0.0229. The minimum Gasteiger partial charge on any atom is -0.495 e. The maximum atomic E-state index is 13.0. The lowest BCUT2D eigenvalue weighted by Gasteiger charge is -2.27. The van der Waals surface area contributed by atoms with Crippen LogP contribution in [0.15, 0.2) is 53.4 Å². The Hall–Kier alpha value is -2.38. The number of methoxy groups -OCH3 is 1. The third-order valence-corrected chi connectivity index (χ3v) is 6.42. The second-order valence-electron chi connectivity index (χ2n) is 7.63. The van der Waals surface area contributed by atoms with Gasteiger partial charge in [-0.2, -0.15) is 0 Å². The molecule has 1 fully saturated rings. The van der Waals surface area contributed by atoms with E-state index < -0.39 is 15.6 Å². The Labute approximate surface area is 166 Å². The molecule has 28 heavy (non-hydrogen) atoms. The summed E-state index contributed by atoms with van der Waals surface area (Å²) < 4.78 is 34.2. The molecule has 0 aliphatic carbocycles. The highest BCUT2D eigenvalue weighted by molar-refractivity contribution is 7.89. The van der Waals surface area contributed by atoms with Crippen molar-refractivity contribution in [1.82, 2.24) is 4.72 Å². The number of sulfonamides is 1. The van der Waals surface area contributed by atoms with Gasteiger partial charge in [-0.15, -0.1) is 0 Å². The van der Waals surface area contributed by atoms with Crippen LogP contribution in [0.3, 0.4) is 0 Å². The van der Waals surface area contributed by atoms with Crippen LogP contribution in [-0.2, 0) is 21.2 Å². The Kier molecular flexibility index (Phi) is 5.76. The van der Waals surface area contributed by atoms with Gasteiger partial charge in [0.1, 0.15) is 5.75 Å². The van der Waals surface area contributed by atoms with E-state index in [1.165, 1.54) is 19.2 Å². The molecule has 1 heterocycles. The lowest BCUT2D eigenvalue weighted by molar-refractivity contribution is -0.117. The van der Waals surface area contributed by atoms with Gasteiger partial charge in [-0.1, -0.05) is 30.3 Å². The second-order valence-corrected chi connectivity index (χ2v) is 9.32. The number of rotatable bonds is 7. The first-order valence-electron chi connectivity index (χ1n) is 9.28. The first kappa shape index (κ1) is 20.4. The predicted molar refractivity (Wildman–Crippen MR) is 109 cm³/mol. The van der Waals surface area contributed by atoms with E-state index in [2.05, 4.69) is 4.72 Å². The average Bonchev–Trinajstić information content (AvgIpc) is 3.06. The quantitative estimate of drug-likeness (QED) is 0.772. The van der Waals surface area contributed by atoms with Crippen LogP contribution in [0, 0.1) is 0 Å². The fourth-order valence-corrected chi connectivity index (χ4v) is 4.95. The molecule has 0 unspecified atom stereocenters. The maximum Gasteiger partial charge on any atom is 0.241 e. The summed E-state index contributed by atoms with van der Waals surface area (Å²) in [6, 6.07) is 14.4. The molecule has 1 saturated heterocycles. The number of hydrogen-bond donors (Lipinski definition) is 1. The summed E-state index contributed by atoms with van der Waals surface area (Å²) in [6.45, 7) is 4.27. The van der Waals surface area contributed by atoms with Crippen LogP contribution >= 0.6 is 0 Å². The van der Waals surface area contributed by atoms with Crippen molar-refractivity contribution in [1.29, 1.82) is 0 Å². The molecule has 1 N–H and O–H groups in total. The van der Waals surface area contributed by atoms with Crippen molar-refractivity contribution in [2.75, 3.05) is 18.6 Å². The van der Waals surface area contributed by atoms with Gasteiger partial charge in [-0.25, -0.2) is 13.1 Å². The largest absolute Gasteiger partial charge is 0.495 e. The van der Waals surface area contributed by atoms with Crippen LogP contribution in [-0.4, -0.2) is 33.5 Å². The number of nitrogens with zero attached hydrogens (tertiary/aromatic N) is 1. The van der Waals surface area contributed by atoms with E-state index in [4.69, 9.17) is 4.74 Å². The summed E-state index contributed by atoms with van der Waals surface area (Å²) in [6.07, 6.45) is 1.77. The minimum atomic E-state index is -3.78. The zero-order chi connectivity index (χ0) is 20.4. The zero-order valence-electron chi connectivity index (χ0n) is 16.4. The molecule has 6 nitrogen and oxygen atoms in total. The van der Waals surface area contributed by atoms with Crippen LogP contribution in [0.2, 0.25) is 0 Å². The molecule has 0 spiro atoms. The molecule has 2 aromatic rings. The van der Waals surface area contributed by atoms with E-state index in [-0.39, 0.29) is 10.8 Å². The zero-order valence-corrected chi connectivity index (χ0v) is 17.3. The molecule has 1 aliphatic heterocycles. The first-order valence-corrected chi connectivity index (χ1v) is 10.8. The van der Waals surface area contributed by atoms with Crippen LogP contribution in [0.5, 0.6) is 5.75 Å². The monoisotopic (exact) mass is 402 g/mol. The van der Waals surface area contributed by atoms with E-state index in [0.717, 1.165) is 12.0 Å². The molecule has 0 aromatic heterocycles. The van der Waals surface area contributed by atoms with E-state index in [9.17, 15) is 13.2 Å². The Morgan fingerprint density at radius 1 is 1.14 bits per heavy atom. The van der Waals surface area contributed by atoms with Gasteiger partial charge in [-0.05, 0) is 50.5 Å². The summed E-state index contributed by atoms with van der Waals surface area (Å²) in [4.78, 5) is 13.8. The topological polar surface area (TPSA) is 75.7 Å². The van der Waals surface area contributed by atoms with Crippen molar-refractivity contribution < 1.29 is 17.9 Å². The van der Waals surface area contributed by atoms with Gasteiger partial charge in [0, 0.05) is 18.5 Å². The Morgan fingerprint density at radius 3 is 2.46 bits per heavy atom. The molecule has 150 valence electrons. The first-order chi connectivity index (χ1) is 13.2. The molecule has 7 heteroatoms. The van der Waals surface area contributed by atoms with Crippen LogP contribution in [0.4, 0.5) is 5.69 Å². The smallest absolute Gasteiger partial charge is 0.241 e. The number of carbonyl (C=O) groups is 1. The molecule has 3 rings (SSSR count). The third kappa shape index (κ3) is 4.54. The Morgan fingerprint density at radius 2 is 1.86 bits per heavy atom. The van der Waals surface area contributed by atoms with E-state index in [1.807, 2.05) is 44.2 Å². The summed E-state index contributed by atoms with van der Waals surface area (Å²) in [7, 11) is -2.27. The van der Waals surface area contributed by atoms with Gasteiger partial charge in [0.2, 0.25) is 15.9 Å². The third-order valence-electron chi connectivity index (χ3n) is 4.72. The number of ether oxygens (including phenoxy) is 1. The molecule has 0 saturated carbocycles. The van der Waals surface area contributed by atoms with Crippen molar-refractivity contribution in [3.63, 3.8) is 0 Å². The Balaban J connectivity index is 1.88. The van der Waals surface area contributed by atoms with Crippen LogP contribution < -0.4 is 14.4 Å². The highest BCUT2D eigenvalue weighted by atomic mass is 32.2. The summed E-state index contributed by atoms with van der Waals surface area (Å²) in [5.74, 6) is 0.461.